The van der Waals surface area contributed by atoms with Gasteiger partial charge in [-0.2, -0.15) is 0 Å². The fourth-order valence-electron chi connectivity index (χ4n) is 2.82. The van der Waals surface area contributed by atoms with E-state index in [2.05, 4.69) is 22.5 Å². The molecule has 2 unspecified atom stereocenters. The van der Waals surface area contributed by atoms with Gasteiger partial charge in [-0.25, -0.2) is 4.98 Å². The molecule has 0 bridgehead atoms. The van der Waals surface area contributed by atoms with Crippen LogP contribution in [0.2, 0.25) is 0 Å². The number of rotatable bonds is 6. The molecule has 0 saturated heterocycles. The lowest BCUT2D eigenvalue weighted by atomic mass is 10.0. The molecule has 1 aliphatic rings. The number of carbonyl (C=O) groups is 1. The van der Waals surface area contributed by atoms with Crippen LogP contribution in [0.4, 0.5) is 5.82 Å². The van der Waals surface area contributed by atoms with E-state index in [0.717, 1.165) is 11.7 Å². The second-order valence-corrected chi connectivity index (χ2v) is 6.14. The summed E-state index contributed by atoms with van der Waals surface area (Å²) < 4.78 is 4.91. The number of hydrogen-bond acceptors (Lipinski definition) is 4. The number of pyridine rings is 1. The van der Waals surface area contributed by atoms with Gasteiger partial charge in [0.25, 0.3) is 5.91 Å². The summed E-state index contributed by atoms with van der Waals surface area (Å²) in [6.07, 6.45) is 7.90. The van der Waals surface area contributed by atoms with Crippen molar-refractivity contribution in [2.24, 2.45) is 5.92 Å². The minimum atomic E-state index is -0.112. The Morgan fingerprint density at radius 2 is 2.18 bits per heavy atom. The lowest BCUT2D eigenvalue weighted by Crippen LogP contribution is -2.27. The molecule has 0 spiro atoms. The van der Waals surface area contributed by atoms with Crippen LogP contribution in [0.5, 0.6) is 0 Å². The van der Waals surface area contributed by atoms with Gasteiger partial charge in [0, 0.05) is 25.9 Å². The highest BCUT2D eigenvalue weighted by Gasteiger charge is 2.16. The Labute approximate surface area is 132 Å². The lowest BCUT2D eigenvalue weighted by Gasteiger charge is -2.17. The number of methoxy groups -OCH3 is 1. The number of amides is 1. The highest BCUT2D eigenvalue weighted by atomic mass is 16.5. The van der Waals surface area contributed by atoms with E-state index in [0.29, 0.717) is 24.8 Å². The Morgan fingerprint density at radius 3 is 2.91 bits per heavy atom. The van der Waals surface area contributed by atoms with E-state index in [9.17, 15) is 4.79 Å². The molecule has 0 aromatic carbocycles. The number of hydrogen-bond donors (Lipinski definition) is 2. The summed E-state index contributed by atoms with van der Waals surface area (Å²) in [5, 5.41) is 6.29. The predicted molar refractivity (Wildman–Crippen MR) is 88.1 cm³/mol. The maximum Gasteiger partial charge on any atom is 0.252 e. The van der Waals surface area contributed by atoms with Crippen molar-refractivity contribution >= 4 is 11.7 Å². The van der Waals surface area contributed by atoms with Crippen LogP contribution >= 0.6 is 0 Å². The first-order chi connectivity index (χ1) is 10.7. The zero-order valence-electron chi connectivity index (χ0n) is 13.6. The maximum absolute atomic E-state index is 11.9. The number of anilines is 1. The van der Waals surface area contributed by atoms with Gasteiger partial charge in [-0.3, -0.25) is 4.79 Å². The van der Waals surface area contributed by atoms with Gasteiger partial charge in [-0.15, -0.1) is 0 Å². The van der Waals surface area contributed by atoms with Crippen LogP contribution < -0.4 is 10.6 Å². The van der Waals surface area contributed by atoms with Gasteiger partial charge < -0.3 is 15.4 Å². The minimum Gasteiger partial charge on any atom is -0.383 e. The number of ether oxygens (including phenoxy) is 1. The molecule has 1 heterocycles. The highest BCUT2D eigenvalue weighted by molar-refractivity contribution is 5.94. The van der Waals surface area contributed by atoms with E-state index in [-0.39, 0.29) is 5.91 Å². The third-order valence-corrected chi connectivity index (χ3v) is 4.23. The molecule has 1 aromatic heterocycles. The second kappa shape index (κ2) is 8.73. The summed E-state index contributed by atoms with van der Waals surface area (Å²) >= 11 is 0. The molecule has 1 saturated carbocycles. The summed E-state index contributed by atoms with van der Waals surface area (Å²) in [6.45, 7) is 3.35. The van der Waals surface area contributed by atoms with E-state index in [1.807, 2.05) is 12.1 Å². The monoisotopic (exact) mass is 305 g/mol. The van der Waals surface area contributed by atoms with E-state index in [4.69, 9.17) is 4.74 Å². The molecule has 5 heteroatoms. The molecule has 1 aliphatic carbocycles. The normalized spacial score (nSPS) is 21.9. The largest absolute Gasteiger partial charge is 0.383 e. The minimum absolute atomic E-state index is 0.112. The molecule has 1 amide bonds. The third kappa shape index (κ3) is 5.30. The number of nitrogens with one attached hydrogen (secondary N) is 2. The van der Waals surface area contributed by atoms with Crippen LogP contribution in [-0.4, -0.2) is 37.2 Å². The molecular formula is C17H27N3O2. The summed E-state index contributed by atoms with van der Waals surface area (Å²) in [7, 11) is 1.61. The topological polar surface area (TPSA) is 63.2 Å². The van der Waals surface area contributed by atoms with Crippen molar-refractivity contribution in [3.8, 4) is 0 Å². The predicted octanol–water partition coefficient (Wildman–Crippen LogP) is 2.84. The van der Waals surface area contributed by atoms with E-state index in [1.165, 1.54) is 32.1 Å². The van der Waals surface area contributed by atoms with Crippen LogP contribution in [-0.2, 0) is 4.74 Å². The molecule has 0 aliphatic heterocycles. The zero-order valence-corrected chi connectivity index (χ0v) is 13.6. The van der Waals surface area contributed by atoms with Crippen molar-refractivity contribution in [1.82, 2.24) is 10.3 Å². The Kier molecular flexibility index (Phi) is 6.65. The fraction of sp³-hybridized carbons (Fsp3) is 0.647. The van der Waals surface area contributed by atoms with E-state index >= 15 is 0 Å². The number of nitrogens with zero attached hydrogens (tertiary/aromatic N) is 1. The molecule has 122 valence electrons. The molecule has 22 heavy (non-hydrogen) atoms. The standard InChI is InChI=1S/C17H27N3O2/c1-13-4-3-5-15(8-6-13)20-16-9-7-14(12-19-16)17(21)18-10-11-22-2/h7,9,12-13,15H,3-6,8,10-11H2,1-2H3,(H,18,21)(H,19,20). The second-order valence-electron chi connectivity index (χ2n) is 6.14. The Balaban J connectivity index is 1.84. The van der Waals surface area contributed by atoms with Crippen LogP contribution in [0.25, 0.3) is 0 Å². The van der Waals surface area contributed by atoms with Crippen LogP contribution in [0.1, 0.15) is 49.4 Å². The van der Waals surface area contributed by atoms with E-state index < -0.39 is 0 Å². The van der Waals surface area contributed by atoms with Gasteiger partial charge in [-0.05, 0) is 37.3 Å². The third-order valence-electron chi connectivity index (χ3n) is 4.23. The average molecular weight is 305 g/mol. The zero-order chi connectivity index (χ0) is 15.8. The fourth-order valence-corrected chi connectivity index (χ4v) is 2.82. The molecule has 2 N–H and O–H groups in total. The smallest absolute Gasteiger partial charge is 0.252 e. The molecule has 5 nitrogen and oxygen atoms in total. The van der Waals surface area contributed by atoms with Crippen molar-refractivity contribution < 1.29 is 9.53 Å². The summed E-state index contributed by atoms with van der Waals surface area (Å²) in [4.78, 5) is 16.2. The summed E-state index contributed by atoms with van der Waals surface area (Å²) in [6, 6.07) is 4.20. The molecular weight excluding hydrogens is 278 g/mol. The Bertz CT molecular complexity index is 461. The number of carbonyl (C=O) groups excluding carboxylic acids is 1. The Morgan fingerprint density at radius 1 is 1.32 bits per heavy atom. The van der Waals surface area contributed by atoms with Gasteiger partial charge in [0.2, 0.25) is 0 Å². The van der Waals surface area contributed by atoms with Crippen molar-refractivity contribution in [2.75, 3.05) is 25.6 Å². The van der Waals surface area contributed by atoms with Crippen molar-refractivity contribution in [3.05, 3.63) is 23.9 Å². The molecule has 1 fully saturated rings. The van der Waals surface area contributed by atoms with Crippen molar-refractivity contribution in [2.45, 2.75) is 45.1 Å². The van der Waals surface area contributed by atoms with Crippen LogP contribution in [0, 0.1) is 5.92 Å². The highest BCUT2D eigenvalue weighted by Crippen LogP contribution is 2.24. The average Bonchev–Trinajstić information content (AvgIpc) is 2.73. The van der Waals surface area contributed by atoms with Gasteiger partial charge in [0.15, 0.2) is 0 Å². The molecule has 2 rings (SSSR count). The number of aromatic nitrogens is 1. The first-order valence-corrected chi connectivity index (χ1v) is 8.18. The maximum atomic E-state index is 11.9. The van der Waals surface area contributed by atoms with E-state index in [1.54, 1.807) is 13.3 Å². The summed E-state index contributed by atoms with van der Waals surface area (Å²) in [5.41, 5.74) is 0.580. The Hall–Kier alpha value is -1.62. The lowest BCUT2D eigenvalue weighted by molar-refractivity contribution is 0.0937. The summed E-state index contributed by atoms with van der Waals surface area (Å²) in [5.74, 6) is 1.57. The van der Waals surface area contributed by atoms with Crippen molar-refractivity contribution in [1.29, 1.82) is 0 Å². The first kappa shape index (κ1) is 16.7. The first-order valence-electron chi connectivity index (χ1n) is 8.18. The molecule has 0 radical (unpaired) electrons. The quantitative estimate of drug-likeness (QED) is 0.626. The van der Waals surface area contributed by atoms with Gasteiger partial charge in [0.05, 0.1) is 12.2 Å². The van der Waals surface area contributed by atoms with Crippen LogP contribution in [0.15, 0.2) is 18.3 Å². The van der Waals surface area contributed by atoms with Gasteiger partial charge >= 0.3 is 0 Å². The SMILES string of the molecule is COCCNC(=O)c1ccc(NC2CCCC(C)CC2)nc1. The van der Waals surface area contributed by atoms with Gasteiger partial charge in [0.1, 0.15) is 5.82 Å². The molecule has 1 aromatic rings. The van der Waals surface area contributed by atoms with Gasteiger partial charge in [-0.1, -0.05) is 19.8 Å². The van der Waals surface area contributed by atoms with Crippen LogP contribution in [0.3, 0.4) is 0 Å². The van der Waals surface area contributed by atoms with Crippen molar-refractivity contribution in [3.63, 3.8) is 0 Å². The molecule has 2 atom stereocenters.